The van der Waals surface area contributed by atoms with E-state index in [0.717, 1.165) is 11.1 Å². The first-order chi connectivity index (χ1) is 15.4. The minimum atomic E-state index is -1.29. The summed E-state index contributed by atoms with van der Waals surface area (Å²) in [5, 5.41) is 5.39. The van der Waals surface area contributed by atoms with E-state index in [-0.39, 0.29) is 12.5 Å². The molecule has 0 aliphatic carbocycles. The van der Waals surface area contributed by atoms with E-state index in [1.54, 1.807) is 27.7 Å². The molecule has 0 radical (unpaired) electrons. The molecule has 1 rings (SSSR count). The summed E-state index contributed by atoms with van der Waals surface area (Å²) in [7, 11) is 0. The highest BCUT2D eigenvalue weighted by atomic mass is 16.6. The normalized spacial score (nSPS) is 13.4. The van der Waals surface area contributed by atoms with E-state index < -0.39 is 47.6 Å². The van der Waals surface area contributed by atoms with E-state index >= 15 is 0 Å². The minimum absolute atomic E-state index is 0.152. The third kappa shape index (κ3) is 9.41. The van der Waals surface area contributed by atoms with E-state index in [9.17, 15) is 19.2 Å². The zero-order valence-corrected chi connectivity index (χ0v) is 21.9. The maximum Gasteiger partial charge on any atom is 0.408 e. The number of nitrogens with two attached hydrogens (primary N) is 1. The number of primary amides is 1. The van der Waals surface area contributed by atoms with Crippen molar-refractivity contribution in [3.8, 4) is 0 Å². The van der Waals surface area contributed by atoms with Crippen molar-refractivity contribution >= 4 is 23.8 Å². The number of carbonyl (C=O) groups is 4. The van der Waals surface area contributed by atoms with Gasteiger partial charge in [0.05, 0.1) is 6.42 Å². The van der Waals surface area contributed by atoms with Gasteiger partial charge in [0.15, 0.2) is 0 Å². The molecule has 1 aromatic rings. The number of amides is 4. The number of hydrogen-bond acceptors (Lipinski definition) is 5. The Balaban J connectivity index is 3.47. The molecule has 0 saturated heterocycles. The summed E-state index contributed by atoms with van der Waals surface area (Å²) >= 11 is 0. The Labute approximate surface area is 202 Å². The van der Waals surface area contributed by atoms with Gasteiger partial charge in [-0.25, -0.2) is 4.79 Å². The number of carbonyl (C=O) groups excluding carboxylic acids is 4. The van der Waals surface area contributed by atoms with Gasteiger partial charge in [0.2, 0.25) is 17.7 Å². The van der Waals surface area contributed by atoms with Gasteiger partial charge in [-0.2, -0.15) is 0 Å². The Kier molecular flexibility index (Phi) is 9.66. The van der Waals surface area contributed by atoms with Crippen LogP contribution in [0.15, 0.2) is 18.2 Å². The Morgan fingerprint density at radius 3 is 1.94 bits per heavy atom. The van der Waals surface area contributed by atoms with Crippen LogP contribution in [0.5, 0.6) is 0 Å². The van der Waals surface area contributed by atoms with Gasteiger partial charge >= 0.3 is 6.09 Å². The standard InChI is InChI=1S/C25H40N4O5/c1-10-29(22(32)18(14-19(26)30)27-23(33)34-25(7,8)9)20(21(31)28-24(4,5)6)17-12-15(2)11-16(3)13-17/h11-13,18,20H,10,14H2,1-9H3,(H2,26,30)(H,27,33)(H,28,31). The largest absolute Gasteiger partial charge is 0.444 e. The van der Waals surface area contributed by atoms with Crippen molar-refractivity contribution in [1.29, 1.82) is 0 Å². The number of aryl methyl sites for hydroxylation is 2. The fraction of sp³-hybridized carbons (Fsp3) is 0.600. The van der Waals surface area contributed by atoms with Crippen LogP contribution >= 0.6 is 0 Å². The van der Waals surface area contributed by atoms with E-state index in [2.05, 4.69) is 10.6 Å². The number of hydrogen-bond donors (Lipinski definition) is 3. The highest BCUT2D eigenvalue weighted by Gasteiger charge is 2.37. The van der Waals surface area contributed by atoms with Gasteiger partial charge in [0.1, 0.15) is 17.7 Å². The van der Waals surface area contributed by atoms with Crippen molar-refractivity contribution in [2.24, 2.45) is 5.73 Å². The Bertz CT molecular complexity index is 895. The number of likely N-dealkylation sites (N-methyl/N-ethyl adjacent to an activating group) is 1. The number of rotatable bonds is 8. The first kappa shape index (κ1) is 28.9. The second-order valence-electron chi connectivity index (χ2n) is 10.6. The molecule has 0 aliphatic rings. The zero-order valence-electron chi connectivity index (χ0n) is 21.9. The van der Waals surface area contributed by atoms with Crippen molar-refractivity contribution < 1.29 is 23.9 Å². The molecule has 4 N–H and O–H groups in total. The lowest BCUT2D eigenvalue weighted by Crippen LogP contribution is -2.55. The molecule has 0 heterocycles. The fourth-order valence-corrected chi connectivity index (χ4v) is 3.60. The summed E-state index contributed by atoms with van der Waals surface area (Å²) < 4.78 is 5.25. The van der Waals surface area contributed by atoms with Crippen LogP contribution in [0.3, 0.4) is 0 Å². The van der Waals surface area contributed by atoms with Crippen LogP contribution in [0, 0.1) is 13.8 Å². The third-order valence-corrected chi connectivity index (χ3v) is 4.64. The molecule has 2 atom stereocenters. The van der Waals surface area contributed by atoms with Crippen LogP contribution in [0.1, 0.15) is 77.6 Å². The molecular weight excluding hydrogens is 436 g/mol. The average molecular weight is 477 g/mol. The molecule has 9 nitrogen and oxygen atoms in total. The van der Waals surface area contributed by atoms with Crippen LogP contribution in [0.4, 0.5) is 4.79 Å². The Hall–Kier alpha value is -3.10. The van der Waals surface area contributed by atoms with Gasteiger partial charge in [-0.1, -0.05) is 29.3 Å². The van der Waals surface area contributed by atoms with E-state index in [0.29, 0.717) is 5.56 Å². The van der Waals surface area contributed by atoms with E-state index in [4.69, 9.17) is 10.5 Å². The molecule has 34 heavy (non-hydrogen) atoms. The minimum Gasteiger partial charge on any atom is -0.444 e. The van der Waals surface area contributed by atoms with Crippen molar-refractivity contribution in [1.82, 2.24) is 15.5 Å². The SMILES string of the molecule is CCN(C(=O)C(CC(N)=O)NC(=O)OC(C)(C)C)C(C(=O)NC(C)(C)C)c1cc(C)cc(C)c1. The quantitative estimate of drug-likeness (QED) is 0.531. The van der Waals surface area contributed by atoms with Gasteiger partial charge in [-0.05, 0) is 67.9 Å². The number of nitrogens with one attached hydrogen (secondary N) is 2. The van der Waals surface area contributed by atoms with E-state index in [1.165, 1.54) is 4.90 Å². The maximum atomic E-state index is 13.6. The Morgan fingerprint density at radius 1 is 1.00 bits per heavy atom. The van der Waals surface area contributed by atoms with Crippen LogP contribution in [-0.2, 0) is 19.1 Å². The predicted molar refractivity (Wildman–Crippen MR) is 131 cm³/mol. The monoisotopic (exact) mass is 476 g/mol. The van der Waals surface area contributed by atoms with Gasteiger partial charge in [-0.3, -0.25) is 14.4 Å². The lowest BCUT2D eigenvalue weighted by Gasteiger charge is -2.35. The van der Waals surface area contributed by atoms with Crippen LogP contribution < -0.4 is 16.4 Å². The first-order valence-corrected chi connectivity index (χ1v) is 11.4. The van der Waals surface area contributed by atoms with Crippen molar-refractivity contribution in [3.05, 3.63) is 34.9 Å². The molecular formula is C25H40N4O5. The highest BCUT2D eigenvalue weighted by Crippen LogP contribution is 2.26. The molecule has 0 fully saturated rings. The topological polar surface area (TPSA) is 131 Å². The van der Waals surface area contributed by atoms with Crippen LogP contribution in [0.2, 0.25) is 0 Å². The lowest BCUT2D eigenvalue weighted by molar-refractivity contribution is -0.143. The molecule has 0 saturated carbocycles. The van der Waals surface area contributed by atoms with E-state index in [1.807, 2.05) is 52.8 Å². The third-order valence-electron chi connectivity index (χ3n) is 4.64. The summed E-state index contributed by atoms with van der Waals surface area (Å²) in [5.74, 6) is -1.75. The molecule has 2 unspecified atom stereocenters. The number of ether oxygens (including phenoxy) is 1. The molecule has 190 valence electrons. The molecule has 4 amide bonds. The second-order valence-corrected chi connectivity index (χ2v) is 10.6. The van der Waals surface area contributed by atoms with Gasteiger partial charge in [0, 0.05) is 12.1 Å². The number of nitrogens with zero attached hydrogens (tertiary/aromatic N) is 1. The molecule has 0 aromatic heterocycles. The fourth-order valence-electron chi connectivity index (χ4n) is 3.60. The number of alkyl carbamates (subject to hydrolysis) is 1. The summed E-state index contributed by atoms with van der Waals surface area (Å²) in [5.41, 5.74) is 6.52. The average Bonchev–Trinajstić information content (AvgIpc) is 2.60. The summed E-state index contributed by atoms with van der Waals surface area (Å²) in [4.78, 5) is 52.5. The van der Waals surface area contributed by atoms with Crippen molar-refractivity contribution in [2.45, 2.75) is 92.0 Å². The molecule has 1 aromatic carbocycles. The summed E-state index contributed by atoms with van der Waals surface area (Å²) in [6.45, 7) is 16.3. The molecule has 9 heteroatoms. The number of benzene rings is 1. The van der Waals surface area contributed by atoms with Gasteiger partial charge in [0.25, 0.3) is 0 Å². The Morgan fingerprint density at radius 2 is 1.53 bits per heavy atom. The lowest BCUT2D eigenvalue weighted by atomic mass is 9.97. The van der Waals surface area contributed by atoms with Crippen LogP contribution in [-0.4, -0.2) is 52.4 Å². The van der Waals surface area contributed by atoms with Crippen LogP contribution in [0.25, 0.3) is 0 Å². The zero-order chi connectivity index (χ0) is 26.4. The predicted octanol–water partition coefficient (Wildman–Crippen LogP) is 2.88. The molecule has 0 aliphatic heterocycles. The maximum absolute atomic E-state index is 13.6. The molecule has 0 bridgehead atoms. The van der Waals surface area contributed by atoms with Gasteiger partial charge < -0.3 is 26.0 Å². The van der Waals surface area contributed by atoms with Crippen molar-refractivity contribution in [3.63, 3.8) is 0 Å². The highest BCUT2D eigenvalue weighted by molar-refractivity contribution is 5.94. The second kappa shape index (κ2) is 11.4. The summed E-state index contributed by atoms with van der Waals surface area (Å²) in [6, 6.07) is 3.40. The summed E-state index contributed by atoms with van der Waals surface area (Å²) in [6.07, 6.45) is -1.29. The smallest absolute Gasteiger partial charge is 0.408 e. The van der Waals surface area contributed by atoms with Gasteiger partial charge in [-0.15, -0.1) is 0 Å². The van der Waals surface area contributed by atoms with Crippen molar-refractivity contribution in [2.75, 3.05) is 6.54 Å². The molecule has 0 spiro atoms. The first-order valence-electron chi connectivity index (χ1n) is 11.4.